The molecule has 0 aliphatic heterocycles. The molecule has 0 atom stereocenters. The van der Waals surface area contributed by atoms with Gasteiger partial charge in [-0.15, -0.1) is 0 Å². The van der Waals surface area contributed by atoms with E-state index in [-0.39, 0.29) is 11.6 Å². The van der Waals surface area contributed by atoms with E-state index < -0.39 is 17.5 Å². The molecular weight excluding hydrogens is 196 g/mol. The molecule has 0 aliphatic carbocycles. The van der Waals surface area contributed by atoms with Gasteiger partial charge in [-0.1, -0.05) is 0 Å². The molecule has 14 heavy (non-hydrogen) atoms. The summed E-state index contributed by atoms with van der Waals surface area (Å²) in [6.07, 6.45) is -2.77. The first kappa shape index (κ1) is 10.5. The number of halogens is 2. The van der Waals surface area contributed by atoms with Crippen molar-refractivity contribution in [3.05, 3.63) is 22.0 Å². The van der Waals surface area contributed by atoms with Crippen LogP contribution in [0, 0.1) is 0 Å². The molecule has 0 radical (unpaired) electrons. The number of aromatic amines is 1. The fraction of sp³-hybridized carbons (Fsp3) is 0.375. The lowest BCUT2D eigenvalue weighted by Gasteiger charge is -2.10. The van der Waals surface area contributed by atoms with Crippen LogP contribution in [0.25, 0.3) is 0 Å². The number of pyridine rings is 1. The molecule has 0 aromatic carbocycles. The first-order valence-corrected chi connectivity index (χ1v) is 3.73. The number of alkyl halides is 2. The van der Waals surface area contributed by atoms with Gasteiger partial charge in [0.1, 0.15) is 11.3 Å². The Morgan fingerprint density at radius 3 is 2.43 bits per heavy atom. The van der Waals surface area contributed by atoms with Gasteiger partial charge in [-0.3, -0.25) is 9.78 Å². The average Bonchev–Trinajstić information content (AvgIpc) is 2.15. The normalized spacial score (nSPS) is 10.4. The molecule has 0 bridgehead atoms. The molecule has 0 fully saturated rings. The topological polar surface area (TPSA) is 51.3 Å². The zero-order valence-corrected chi connectivity index (χ0v) is 7.64. The van der Waals surface area contributed by atoms with Crippen molar-refractivity contribution >= 4 is 0 Å². The highest BCUT2D eigenvalue weighted by molar-refractivity contribution is 5.40. The summed E-state index contributed by atoms with van der Waals surface area (Å²) in [5.74, 6) is -0.454. The Labute approximate surface area is 78.5 Å². The fourth-order valence-corrected chi connectivity index (χ4v) is 1.06. The number of methoxy groups -OCH3 is 2. The smallest absolute Gasteiger partial charge is 0.272 e. The number of ether oxygens (including phenoxy) is 2. The molecule has 0 saturated heterocycles. The van der Waals surface area contributed by atoms with Crippen molar-refractivity contribution in [2.24, 2.45) is 0 Å². The molecular formula is C8H9F2NO3. The molecule has 4 nitrogen and oxygen atoms in total. The molecule has 1 aromatic rings. The molecule has 6 heteroatoms. The van der Waals surface area contributed by atoms with Gasteiger partial charge < -0.3 is 9.47 Å². The van der Waals surface area contributed by atoms with E-state index in [1.807, 2.05) is 0 Å². The third-order valence-electron chi connectivity index (χ3n) is 1.65. The Morgan fingerprint density at radius 1 is 1.36 bits per heavy atom. The standard InChI is InChI=1S/C8H9F2NO3/c1-13-4-3-5(12)11-8(14-2)6(4)7(9)10/h3,7H,1-2H3,(H,11,12). The number of H-pyrrole nitrogens is 1. The lowest BCUT2D eigenvalue weighted by Crippen LogP contribution is -2.10. The van der Waals surface area contributed by atoms with Crippen LogP contribution in [0.15, 0.2) is 10.9 Å². The van der Waals surface area contributed by atoms with Gasteiger partial charge in [0.05, 0.1) is 14.2 Å². The number of hydrogen-bond donors (Lipinski definition) is 1. The second-order valence-corrected chi connectivity index (χ2v) is 2.45. The monoisotopic (exact) mass is 205 g/mol. The minimum atomic E-state index is -2.77. The van der Waals surface area contributed by atoms with Crippen molar-refractivity contribution in [1.82, 2.24) is 4.98 Å². The minimum Gasteiger partial charge on any atom is -0.496 e. The molecule has 1 heterocycles. The number of aromatic nitrogens is 1. The molecule has 0 unspecified atom stereocenters. The van der Waals surface area contributed by atoms with Crippen LogP contribution in [0.3, 0.4) is 0 Å². The second-order valence-electron chi connectivity index (χ2n) is 2.45. The van der Waals surface area contributed by atoms with E-state index >= 15 is 0 Å². The predicted octanol–water partition coefficient (Wildman–Crippen LogP) is 1.33. The largest absolute Gasteiger partial charge is 0.496 e. The molecule has 1 aromatic heterocycles. The first-order chi connectivity index (χ1) is 6.60. The summed E-state index contributed by atoms with van der Waals surface area (Å²) in [5.41, 5.74) is -1.00. The van der Waals surface area contributed by atoms with Crippen molar-refractivity contribution in [3.63, 3.8) is 0 Å². The lowest BCUT2D eigenvalue weighted by atomic mass is 10.2. The Hall–Kier alpha value is -1.59. The van der Waals surface area contributed by atoms with E-state index in [4.69, 9.17) is 0 Å². The van der Waals surface area contributed by atoms with E-state index in [1.165, 1.54) is 14.2 Å². The van der Waals surface area contributed by atoms with Gasteiger partial charge in [-0.25, -0.2) is 8.78 Å². The number of nitrogens with one attached hydrogen (secondary N) is 1. The first-order valence-electron chi connectivity index (χ1n) is 3.73. The van der Waals surface area contributed by atoms with E-state index in [2.05, 4.69) is 14.5 Å². The summed E-state index contributed by atoms with van der Waals surface area (Å²) < 4.78 is 34.3. The van der Waals surface area contributed by atoms with E-state index in [0.717, 1.165) is 6.07 Å². The minimum absolute atomic E-state index is 0.180. The molecule has 0 amide bonds. The van der Waals surface area contributed by atoms with Crippen molar-refractivity contribution < 1.29 is 18.3 Å². The summed E-state index contributed by atoms with van der Waals surface area (Å²) in [6, 6.07) is 0.948. The van der Waals surface area contributed by atoms with Crippen molar-refractivity contribution in [2.75, 3.05) is 14.2 Å². The quantitative estimate of drug-likeness (QED) is 0.809. The zero-order valence-electron chi connectivity index (χ0n) is 7.64. The average molecular weight is 205 g/mol. The Kier molecular flexibility index (Phi) is 3.06. The highest BCUT2D eigenvalue weighted by Gasteiger charge is 2.21. The number of hydrogen-bond acceptors (Lipinski definition) is 3. The molecule has 1 N–H and O–H groups in total. The van der Waals surface area contributed by atoms with Crippen molar-refractivity contribution in [3.8, 4) is 11.6 Å². The Morgan fingerprint density at radius 2 is 2.00 bits per heavy atom. The van der Waals surface area contributed by atoms with Crippen LogP contribution in [0.4, 0.5) is 8.78 Å². The molecule has 0 saturated carbocycles. The van der Waals surface area contributed by atoms with E-state index in [0.29, 0.717) is 0 Å². The third-order valence-corrected chi connectivity index (χ3v) is 1.65. The molecule has 0 spiro atoms. The van der Waals surface area contributed by atoms with Crippen LogP contribution < -0.4 is 15.0 Å². The van der Waals surface area contributed by atoms with Gasteiger partial charge in [0, 0.05) is 6.07 Å². The van der Waals surface area contributed by atoms with Crippen LogP contribution in [-0.4, -0.2) is 19.2 Å². The summed E-state index contributed by atoms with van der Waals surface area (Å²) in [6.45, 7) is 0. The maximum Gasteiger partial charge on any atom is 0.272 e. The van der Waals surface area contributed by atoms with Gasteiger partial charge in [-0.05, 0) is 0 Å². The third kappa shape index (κ3) is 1.84. The van der Waals surface area contributed by atoms with Crippen LogP contribution in [-0.2, 0) is 0 Å². The van der Waals surface area contributed by atoms with Gasteiger partial charge >= 0.3 is 0 Å². The summed E-state index contributed by atoms with van der Waals surface area (Å²) in [7, 11) is 2.40. The van der Waals surface area contributed by atoms with Gasteiger partial charge in [0.15, 0.2) is 0 Å². The van der Waals surface area contributed by atoms with Crippen LogP contribution in [0.5, 0.6) is 11.6 Å². The molecule has 1 rings (SSSR count). The van der Waals surface area contributed by atoms with Crippen LogP contribution in [0.1, 0.15) is 12.0 Å². The van der Waals surface area contributed by atoms with E-state index in [9.17, 15) is 13.6 Å². The predicted molar refractivity (Wildman–Crippen MR) is 45.1 cm³/mol. The molecule has 0 aliphatic rings. The Balaban J connectivity index is 3.40. The lowest BCUT2D eigenvalue weighted by molar-refractivity contribution is 0.141. The second kappa shape index (κ2) is 4.08. The van der Waals surface area contributed by atoms with Crippen molar-refractivity contribution in [2.45, 2.75) is 6.43 Å². The van der Waals surface area contributed by atoms with Crippen molar-refractivity contribution in [1.29, 1.82) is 0 Å². The van der Waals surface area contributed by atoms with Crippen LogP contribution >= 0.6 is 0 Å². The van der Waals surface area contributed by atoms with E-state index in [1.54, 1.807) is 0 Å². The number of rotatable bonds is 3. The summed E-state index contributed by atoms with van der Waals surface area (Å²) in [5, 5.41) is 0. The molecule has 78 valence electrons. The van der Waals surface area contributed by atoms with Gasteiger partial charge in [0.2, 0.25) is 5.88 Å². The van der Waals surface area contributed by atoms with Gasteiger partial charge in [0.25, 0.3) is 12.0 Å². The summed E-state index contributed by atoms with van der Waals surface area (Å²) >= 11 is 0. The Bertz CT molecular complexity index is 347. The SMILES string of the molecule is COc1cc(=O)[nH]c(OC)c1C(F)F. The highest BCUT2D eigenvalue weighted by Crippen LogP contribution is 2.33. The highest BCUT2D eigenvalue weighted by atomic mass is 19.3. The maximum atomic E-state index is 12.5. The van der Waals surface area contributed by atoms with Crippen LogP contribution in [0.2, 0.25) is 0 Å². The fourth-order valence-electron chi connectivity index (χ4n) is 1.06. The maximum absolute atomic E-state index is 12.5. The van der Waals surface area contributed by atoms with Gasteiger partial charge in [-0.2, -0.15) is 0 Å². The zero-order chi connectivity index (χ0) is 10.7. The summed E-state index contributed by atoms with van der Waals surface area (Å²) in [4.78, 5) is 13.1.